The van der Waals surface area contributed by atoms with Gasteiger partial charge in [-0.15, -0.1) is 0 Å². The maximum atomic E-state index is 6.05. The van der Waals surface area contributed by atoms with Crippen molar-refractivity contribution in [1.29, 1.82) is 0 Å². The molecule has 3 N–H and O–H groups in total. The molecular weight excluding hydrogens is 302 g/mol. The van der Waals surface area contributed by atoms with Gasteiger partial charge in [-0.1, -0.05) is 33.6 Å². The molecule has 0 aliphatic carbocycles. The fraction of sp³-hybridized carbons (Fsp3) is 0.0833. The molecule has 1 aromatic heterocycles. The van der Waals surface area contributed by atoms with Crippen LogP contribution in [-0.2, 0) is 0 Å². The topological polar surface area (TPSA) is 50.9 Å². The molecule has 0 spiro atoms. The largest absolute Gasteiger partial charge is 0.397 e. The van der Waals surface area contributed by atoms with E-state index in [9.17, 15) is 0 Å². The van der Waals surface area contributed by atoms with E-state index >= 15 is 0 Å². The van der Waals surface area contributed by atoms with Gasteiger partial charge in [0.15, 0.2) is 0 Å². The third-order valence-corrected chi connectivity index (χ3v) is 3.10. The Morgan fingerprint density at radius 3 is 2.82 bits per heavy atom. The average molecular weight is 313 g/mol. The summed E-state index contributed by atoms with van der Waals surface area (Å²) in [4.78, 5) is 4.16. The summed E-state index contributed by atoms with van der Waals surface area (Å²) in [5, 5.41) is 3.68. The zero-order chi connectivity index (χ0) is 12.4. The molecule has 0 bridgehead atoms. The van der Waals surface area contributed by atoms with Crippen molar-refractivity contribution in [3.05, 3.63) is 45.5 Å². The highest BCUT2D eigenvalue weighted by Gasteiger charge is 2.05. The minimum atomic E-state index is 0.504. The predicted molar refractivity (Wildman–Crippen MR) is 75.8 cm³/mol. The Morgan fingerprint density at radius 2 is 2.12 bits per heavy atom. The molecule has 88 valence electrons. The van der Waals surface area contributed by atoms with Crippen LogP contribution in [0.25, 0.3) is 0 Å². The molecule has 0 aliphatic heterocycles. The number of aromatic nitrogens is 1. The first kappa shape index (κ1) is 12.2. The number of nitrogens with two attached hydrogens (primary N) is 1. The van der Waals surface area contributed by atoms with Crippen molar-refractivity contribution in [2.45, 2.75) is 6.92 Å². The lowest BCUT2D eigenvalue weighted by molar-refractivity contribution is 1.30. The van der Waals surface area contributed by atoms with E-state index in [1.165, 1.54) is 0 Å². The number of nitrogens with one attached hydrogen (secondary N) is 1. The minimum Gasteiger partial charge on any atom is -0.397 e. The summed E-state index contributed by atoms with van der Waals surface area (Å²) < 4.78 is 0.997. The number of benzene rings is 1. The summed E-state index contributed by atoms with van der Waals surface area (Å²) in [5.74, 6) is 0.599. The number of pyridine rings is 1. The molecule has 17 heavy (non-hydrogen) atoms. The Kier molecular flexibility index (Phi) is 3.54. The van der Waals surface area contributed by atoms with Crippen LogP contribution in [-0.4, -0.2) is 4.98 Å². The molecule has 0 saturated carbocycles. The Morgan fingerprint density at radius 1 is 1.35 bits per heavy atom. The SMILES string of the molecule is Cc1ccc(Br)cc1Nc1ncc(N)cc1Cl. The standard InChI is InChI=1S/C12H11BrClN3/c1-7-2-3-8(13)4-11(7)17-12-10(14)5-9(15)6-16-12/h2-6H,15H2,1H3,(H,16,17). The van der Waals surface area contributed by atoms with Crippen molar-refractivity contribution in [2.75, 3.05) is 11.1 Å². The van der Waals surface area contributed by atoms with Crippen LogP contribution >= 0.6 is 27.5 Å². The second-order valence-electron chi connectivity index (χ2n) is 3.68. The van der Waals surface area contributed by atoms with E-state index in [-0.39, 0.29) is 0 Å². The molecule has 0 amide bonds. The van der Waals surface area contributed by atoms with Crippen LogP contribution in [0.2, 0.25) is 5.02 Å². The molecule has 0 saturated heterocycles. The van der Waals surface area contributed by atoms with Gasteiger partial charge in [0.25, 0.3) is 0 Å². The van der Waals surface area contributed by atoms with Gasteiger partial charge < -0.3 is 11.1 Å². The highest BCUT2D eigenvalue weighted by atomic mass is 79.9. The molecule has 0 aliphatic rings. The molecule has 0 unspecified atom stereocenters. The average Bonchev–Trinajstić information content (AvgIpc) is 2.27. The van der Waals surface area contributed by atoms with Crippen molar-refractivity contribution < 1.29 is 0 Å². The third kappa shape index (κ3) is 2.90. The monoisotopic (exact) mass is 311 g/mol. The summed E-state index contributed by atoms with van der Waals surface area (Å²) in [6, 6.07) is 7.64. The van der Waals surface area contributed by atoms with Gasteiger partial charge in [-0.2, -0.15) is 0 Å². The second-order valence-corrected chi connectivity index (χ2v) is 5.01. The summed E-state index contributed by atoms with van der Waals surface area (Å²) in [6.07, 6.45) is 1.57. The third-order valence-electron chi connectivity index (χ3n) is 2.32. The molecule has 0 atom stereocenters. The summed E-state index contributed by atoms with van der Waals surface area (Å²) in [5.41, 5.74) is 8.21. The fourth-order valence-electron chi connectivity index (χ4n) is 1.40. The predicted octanol–water partition coefficient (Wildman–Crippen LogP) is 4.13. The van der Waals surface area contributed by atoms with Crippen LogP contribution in [0.4, 0.5) is 17.2 Å². The quantitative estimate of drug-likeness (QED) is 0.876. The number of halogens is 2. The van der Waals surface area contributed by atoms with Crippen LogP contribution in [0.15, 0.2) is 34.9 Å². The van der Waals surface area contributed by atoms with Crippen LogP contribution in [0, 0.1) is 6.92 Å². The lowest BCUT2D eigenvalue weighted by Gasteiger charge is -2.10. The Labute approximate surface area is 113 Å². The van der Waals surface area contributed by atoms with Crippen molar-refractivity contribution in [1.82, 2.24) is 4.98 Å². The molecule has 5 heteroatoms. The van der Waals surface area contributed by atoms with E-state index in [0.717, 1.165) is 15.7 Å². The normalized spacial score (nSPS) is 10.3. The summed E-state index contributed by atoms with van der Waals surface area (Å²) in [6.45, 7) is 2.01. The zero-order valence-corrected chi connectivity index (χ0v) is 11.5. The van der Waals surface area contributed by atoms with Gasteiger partial charge in [-0.05, 0) is 30.7 Å². The number of nitrogens with zero attached hydrogens (tertiary/aromatic N) is 1. The first-order chi connectivity index (χ1) is 8.06. The lowest BCUT2D eigenvalue weighted by Crippen LogP contribution is -1.97. The fourth-order valence-corrected chi connectivity index (χ4v) is 1.98. The van der Waals surface area contributed by atoms with Gasteiger partial charge in [0.2, 0.25) is 0 Å². The second kappa shape index (κ2) is 4.94. The molecule has 1 heterocycles. The van der Waals surface area contributed by atoms with Crippen LogP contribution < -0.4 is 11.1 Å². The number of rotatable bonds is 2. The summed E-state index contributed by atoms with van der Waals surface area (Å²) in [7, 11) is 0. The zero-order valence-electron chi connectivity index (χ0n) is 9.17. The van der Waals surface area contributed by atoms with Gasteiger partial charge in [0.05, 0.1) is 16.9 Å². The number of anilines is 3. The van der Waals surface area contributed by atoms with E-state index in [4.69, 9.17) is 17.3 Å². The highest BCUT2D eigenvalue weighted by Crippen LogP contribution is 2.28. The minimum absolute atomic E-state index is 0.504. The Balaban J connectivity index is 2.34. The maximum Gasteiger partial charge on any atom is 0.149 e. The molecule has 2 rings (SSSR count). The lowest BCUT2D eigenvalue weighted by atomic mass is 10.2. The van der Waals surface area contributed by atoms with Crippen molar-refractivity contribution in [3.63, 3.8) is 0 Å². The molecule has 2 aromatic rings. The Bertz CT molecular complexity index is 557. The number of nitrogen functional groups attached to an aromatic ring is 1. The van der Waals surface area contributed by atoms with Crippen LogP contribution in [0.3, 0.4) is 0 Å². The van der Waals surface area contributed by atoms with Crippen molar-refractivity contribution >= 4 is 44.7 Å². The van der Waals surface area contributed by atoms with E-state index < -0.39 is 0 Å². The number of aryl methyl sites for hydroxylation is 1. The van der Waals surface area contributed by atoms with E-state index in [0.29, 0.717) is 16.5 Å². The number of hydrogen-bond donors (Lipinski definition) is 2. The van der Waals surface area contributed by atoms with Gasteiger partial charge in [-0.25, -0.2) is 4.98 Å². The number of hydrogen-bond acceptors (Lipinski definition) is 3. The smallest absolute Gasteiger partial charge is 0.149 e. The van der Waals surface area contributed by atoms with Crippen LogP contribution in [0.1, 0.15) is 5.56 Å². The molecule has 3 nitrogen and oxygen atoms in total. The molecule has 1 aromatic carbocycles. The van der Waals surface area contributed by atoms with E-state index in [2.05, 4.69) is 26.2 Å². The van der Waals surface area contributed by atoms with E-state index in [1.807, 2.05) is 25.1 Å². The molecular formula is C12H11BrClN3. The van der Waals surface area contributed by atoms with Gasteiger partial charge in [0, 0.05) is 10.2 Å². The maximum absolute atomic E-state index is 6.05. The van der Waals surface area contributed by atoms with Gasteiger partial charge in [-0.3, -0.25) is 0 Å². The van der Waals surface area contributed by atoms with Gasteiger partial charge in [0.1, 0.15) is 5.82 Å². The van der Waals surface area contributed by atoms with Crippen molar-refractivity contribution in [3.8, 4) is 0 Å². The first-order valence-electron chi connectivity index (χ1n) is 5.00. The first-order valence-corrected chi connectivity index (χ1v) is 6.17. The van der Waals surface area contributed by atoms with Crippen molar-refractivity contribution in [2.24, 2.45) is 0 Å². The van der Waals surface area contributed by atoms with E-state index in [1.54, 1.807) is 12.3 Å². The molecule has 0 radical (unpaired) electrons. The highest BCUT2D eigenvalue weighted by molar-refractivity contribution is 9.10. The summed E-state index contributed by atoms with van der Waals surface area (Å²) >= 11 is 9.48. The van der Waals surface area contributed by atoms with Crippen LogP contribution in [0.5, 0.6) is 0 Å². The Hall–Kier alpha value is -1.26. The van der Waals surface area contributed by atoms with Gasteiger partial charge >= 0.3 is 0 Å². The molecule has 0 fully saturated rings.